The van der Waals surface area contributed by atoms with E-state index in [1.807, 2.05) is 0 Å². The average Bonchev–Trinajstić information content (AvgIpc) is 2.98. The number of sulfone groups is 1. The molecule has 0 aliphatic heterocycles. The van der Waals surface area contributed by atoms with Crippen molar-refractivity contribution in [3.05, 3.63) is 57.8 Å². The fourth-order valence-corrected chi connectivity index (χ4v) is 3.84. The van der Waals surface area contributed by atoms with E-state index in [4.69, 9.17) is 27.7 Å². The lowest BCUT2D eigenvalue weighted by Crippen LogP contribution is -2.03. The van der Waals surface area contributed by atoms with E-state index in [-0.39, 0.29) is 32.6 Å². The molecule has 0 radical (unpaired) electrons. The van der Waals surface area contributed by atoms with Crippen molar-refractivity contribution in [2.75, 3.05) is 6.26 Å². The fourth-order valence-electron chi connectivity index (χ4n) is 2.58. The van der Waals surface area contributed by atoms with Crippen LogP contribution in [0.1, 0.15) is 5.76 Å². The second-order valence-corrected chi connectivity index (χ2v) is 8.51. The Morgan fingerprint density at radius 2 is 1.67 bits per heavy atom. The summed E-state index contributed by atoms with van der Waals surface area (Å²) in [6.45, 7) is -1.15. The van der Waals surface area contributed by atoms with E-state index in [2.05, 4.69) is 5.16 Å². The molecule has 142 valence electrons. The first-order chi connectivity index (χ1) is 12.6. The van der Waals surface area contributed by atoms with Crippen LogP contribution in [-0.4, -0.2) is 19.8 Å². The van der Waals surface area contributed by atoms with E-state index in [1.54, 1.807) is 0 Å². The van der Waals surface area contributed by atoms with Gasteiger partial charge in [0.2, 0.25) is 0 Å². The van der Waals surface area contributed by atoms with Crippen molar-refractivity contribution >= 4 is 33.0 Å². The van der Waals surface area contributed by atoms with Gasteiger partial charge in [0.05, 0.1) is 5.56 Å². The molecule has 0 bridgehead atoms. The van der Waals surface area contributed by atoms with Crippen molar-refractivity contribution in [2.45, 2.75) is 11.6 Å². The molecule has 0 aliphatic rings. The van der Waals surface area contributed by atoms with Gasteiger partial charge in [-0.3, -0.25) is 0 Å². The molecule has 0 N–H and O–H groups in total. The van der Waals surface area contributed by atoms with Gasteiger partial charge in [-0.1, -0.05) is 28.4 Å². The molecule has 27 heavy (non-hydrogen) atoms. The van der Waals surface area contributed by atoms with E-state index >= 15 is 0 Å². The minimum Gasteiger partial charge on any atom is -0.357 e. The van der Waals surface area contributed by atoms with Crippen LogP contribution in [0.3, 0.4) is 0 Å². The zero-order valence-corrected chi connectivity index (χ0v) is 15.9. The summed E-state index contributed by atoms with van der Waals surface area (Å²) >= 11 is 11.9. The number of aromatic nitrogens is 1. The maximum atomic E-state index is 14.6. The number of hydrogen-bond donors (Lipinski definition) is 0. The molecule has 0 amide bonds. The van der Waals surface area contributed by atoms with Gasteiger partial charge in [-0.15, -0.1) is 0 Å². The van der Waals surface area contributed by atoms with Crippen LogP contribution in [-0.2, 0) is 16.5 Å². The topological polar surface area (TPSA) is 60.2 Å². The lowest BCUT2D eigenvalue weighted by molar-refractivity contribution is 0.332. The van der Waals surface area contributed by atoms with Gasteiger partial charge in [0.15, 0.2) is 22.3 Å². The number of rotatable bonds is 4. The molecule has 2 aromatic carbocycles. The van der Waals surface area contributed by atoms with Crippen molar-refractivity contribution in [1.82, 2.24) is 5.16 Å². The van der Waals surface area contributed by atoms with Crippen LogP contribution in [0.15, 0.2) is 39.8 Å². The largest absolute Gasteiger partial charge is 0.357 e. The van der Waals surface area contributed by atoms with E-state index in [0.29, 0.717) is 12.1 Å². The number of halogens is 5. The second kappa shape index (κ2) is 7.18. The SMILES string of the molecule is CS(=O)(=O)c1cc(F)c(-c2c(-c3cc(Cl)cc(Cl)c3)noc2CF)cc1F. The van der Waals surface area contributed by atoms with Crippen LogP contribution < -0.4 is 0 Å². The third-order valence-corrected chi connectivity index (χ3v) is 5.26. The lowest BCUT2D eigenvalue weighted by atomic mass is 9.98. The molecule has 4 nitrogen and oxygen atoms in total. The summed E-state index contributed by atoms with van der Waals surface area (Å²) in [5.41, 5.74) is -0.289. The number of alkyl halides is 1. The summed E-state index contributed by atoms with van der Waals surface area (Å²) in [6.07, 6.45) is 0.746. The smallest absolute Gasteiger partial charge is 0.178 e. The predicted molar refractivity (Wildman–Crippen MR) is 95.2 cm³/mol. The minimum atomic E-state index is -3.99. The van der Waals surface area contributed by atoms with Gasteiger partial charge in [0.1, 0.15) is 22.2 Å². The molecule has 3 aromatic rings. The van der Waals surface area contributed by atoms with Crippen LogP contribution in [0, 0.1) is 11.6 Å². The highest BCUT2D eigenvalue weighted by Gasteiger charge is 2.25. The first kappa shape index (κ1) is 19.7. The molecule has 0 atom stereocenters. The molecular weight excluding hydrogens is 426 g/mol. The highest BCUT2D eigenvalue weighted by molar-refractivity contribution is 7.90. The van der Waals surface area contributed by atoms with Gasteiger partial charge in [-0.25, -0.2) is 21.6 Å². The summed E-state index contributed by atoms with van der Waals surface area (Å²) < 4.78 is 70.3. The van der Waals surface area contributed by atoms with Crippen LogP contribution in [0.25, 0.3) is 22.4 Å². The van der Waals surface area contributed by atoms with E-state index in [0.717, 1.165) is 6.26 Å². The maximum Gasteiger partial charge on any atom is 0.178 e. The highest BCUT2D eigenvalue weighted by atomic mass is 35.5. The zero-order valence-electron chi connectivity index (χ0n) is 13.6. The van der Waals surface area contributed by atoms with Crippen LogP contribution >= 0.6 is 23.2 Å². The van der Waals surface area contributed by atoms with Gasteiger partial charge in [0, 0.05) is 27.4 Å². The molecule has 0 spiro atoms. The van der Waals surface area contributed by atoms with Crippen LogP contribution in [0.4, 0.5) is 13.2 Å². The fraction of sp³-hybridized carbons (Fsp3) is 0.118. The van der Waals surface area contributed by atoms with Crippen molar-refractivity contribution < 1.29 is 26.1 Å². The second-order valence-electron chi connectivity index (χ2n) is 5.66. The predicted octanol–water partition coefficient (Wildman–Crippen LogP) is 5.47. The monoisotopic (exact) mass is 435 g/mol. The molecule has 0 unspecified atom stereocenters. The third kappa shape index (κ3) is 3.83. The Morgan fingerprint density at radius 1 is 1.04 bits per heavy atom. The summed E-state index contributed by atoms with van der Waals surface area (Å²) in [7, 11) is -3.99. The van der Waals surface area contributed by atoms with Crippen molar-refractivity contribution in [1.29, 1.82) is 0 Å². The van der Waals surface area contributed by atoms with Crippen molar-refractivity contribution in [3.63, 3.8) is 0 Å². The van der Waals surface area contributed by atoms with Gasteiger partial charge in [0.25, 0.3) is 0 Å². The van der Waals surface area contributed by atoms with Gasteiger partial charge in [-0.05, 0) is 30.3 Å². The Morgan fingerprint density at radius 3 is 2.22 bits per heavy atom. The first-order valence-corrected chi connectivity index (χ1v) is 9.97. The summed E-state index contributed by atoms with van der Waals surface area (Å²) in [6, 6.07) is 5.52. The minimum absolute atomic E-state index is 0.0162. The highest BCUT2D eigenvalue weighted by Crippen LogP contribution is 2.39. The van der Waals surface area contributed by atoms with Crippen molar-refractivity contribution in [2.24, 2.45) is 0 Å². The lowest BCUT2D eigenvalue weighted by Gasteiger charge is -2.09. The van der Waals surface area contributed by atoms with Crippen molar-refractivity contribution in [3.8, 4) is 22.4 Å². The normalized spacial score (nSPS) is 11.8. The Bertz CT molecular complexity index is 1130. The number of nitrogens with zero attached hydrogens (tertiary/aromatic N) is 1. The van der Waals surface area contributed by atoms with Crippen LogP contribution in [0.2, 0.25) is 10.0 Å². The Balaban J connectivity index is 2.29. The Hall–Kier alpha value is -2.03. The molecule has 10 heteroatoms. The number of benzene rings is 2. The summed E-state index contributed by atoms with van der Waals surface area (Å²) in [5.74, 6) is -2.62. The van der Waals surface area contributed by atoms with E-state index in [9.17, 15) is 21.6 Å². The molecule has 0 fully saturated rings. The third-order valence-electron chi connectivity index (χ3n) is 3.71. The summed E-state index contributed by atoms with van der Waals surface area (Å²) in [5, 5.41) is 4.20. The molecule has 0 saturated heterocycles. The molecular formula is C17H10Cl2F3NO3S. The number of hydrogen-bond acceptors (Lipinski definition) is 4. The van der Waals surface area contributed by atoms with Gasteiger partial charge >= 0.3 is 0 Å². The zero-order chi connectivity index (χ0) is 19.9. The molecule has 3 rings (SSSR count). The standard InChI is InChI=1S/C17H10Cl2F3NO3S/c1-27(24,25)15-6-12(21)11(5-13(15)22)16-14(7-20)26-23-17(16)8-2-9(18)4-10(19)3-8/h2-6H,7H2,1H3. The Labute approximate surface area is 162 Å². The van der Waals surface area contributed by atoms with E-state index < -0.39 is 38.6 Å². The maximum absolute atomic E-state index is 14.6. The molecule has 1 aromatic heterocycles. The average molecular weight is 436 g/mol. The Kier molecular flexibility index (Phi) is 5.24. The first-order valence-electron chi connectivity index (χ1n) is 7.32. The molecule has 0 saturated carbocycles. The molecule has 1 heterocycles. The quantitative estimate of drug-likeness (QED) is 0.545. The van der Waals surface area contributed by atoms with Crippen LogP contribution in [0.5, 0.6) is 0 Å². The van der Waals surface area contributed by atoms with Gasteiger partial charge < -0.3 is 4.52 Å². The molecule has 0 aliphatic carbocycles. The van der Waals surface area contributed by atoms with Gasteiger partial charge in [-0.2, -0.15) is 0 Å². The summed E-state index contributed by atoms with van der Waals surface area (Å²) in [4.78, 5) is -0.811. The van der Waals surface area contributed by atoms with E-state index in [1.165, 1.54) is 18.2 Å².